The minimum absolute atomic E-state index is 0.190. The maximum Gasteiger partial charge on any atom is 0.223 e. The third-order valence-corrected chi connectivity index (χ3v) is 7.55. The van der Waals surface area contributed by atoms with Gasteiger partial charge in [-0.25, -0.2) is 0 Å². The molecule has 166 valence electrons. The maximum atomic E-state index is 12.3. The lowest BCUT2D eigenvalue weighted by Gasteiger charge is -2.42. The number of hydrogen-bond acceptors (Lipinski definition) is 2. The fourth-order valence-electron chi connectivity index (χ4n) is 5.03. The first-order valence-corrected chi connectivity index (χ1v) is 12.4. The number of carbonyl (C=O) groups excluding carboxylic acids is 1. The molecule has 1 saturated heterocycles. The summed E-state index contributed by atoms with van der Waals surface area (Å²) in [5.41, 5.74) is 2.24. The number of amides is 1. The van der Waals surface area contributed by atoms with Crippen molar-refractivity contribution in [3.05, 3.63) is 63.1 Å². The SMILES string of the molecule is O=C(NCC[C@@H]1CC[C@@H](c2ccc(Cl)cc2Cl)N(c2ccc(Cl)cc2)C1)C1CCCC1. The Morgan fingerprint density at radius 1 is 0.935 bits per heavy atom. The molecule has 0 radical (unpaired) electrons. The van der Waals surface area contributed by atoms with E-state index >= 15 is 0 Å². The molecule has 0 bridgehead atoms. The summed E-state index contributed by atoms with van der Waals surface area (Å²) in [6.45, 7) is 1.67. The van der Waals surface area contributed by atoms with Gasteiger partial charge < -0.3 is 10.2 Å². The lowest BCUT2D eigenvalue weighted by atomic mass is 9.86. The number of anilines is 1. The molecule has 0 aromatic heterocycles. The zero-order chi connectivity index (χ0) is 21.8. The first-order chi connectivity index (χ1) is 15.0. The molecule has 1 N–H and O–H groups in total. The molecular weight excluding hydrogens is 451 g/mol. The predicted molar refractivity (Wildman–Crippen MR) is 130 cm³/mol. The lowest BCUT2D eigenvalue weighted by Crippen LogP contribution is -2.40. The molecule has 1 saturated carbocycles. The standard InChI is InChI=1S/C25H29Cl3N2O/c26-19-6-9-21(10-7-19)30-16-17(13-14-29-25(31)18-3-1-2-4-18)5-12-24(30)22-11-8-20(27)15-23(22)28/h6-11,15,17-18,24H,1-5,12-14,16H2,(H,29,31)/t17-,24-/m0/s1. The molecule has 4 rings (SSSR count). The van der Waals surface area contributed by atoms with E-state index < -0.39 is 0 Å². The highest BCUT2D eigenvalue weighted by molar-refractivity contribution is 6.35. The van der Waals surface area contributed by atoms with Crippen molar-refractivity contribution in [1.29, 1.82) is 0 Å². The highest BCUT2D eigenvalue weighted by Crippen LogP contribution is 2.41. The zero-order valence-electron chi connectivity index (χ0n) is 17.6. The van der Waals surface area contributed by atoms with Crippen LogP contribution < -0.4 is 10.2 Å². The minimum atomic E-state index is 0.190. The van der Waals surface area contributed by atoms with E-state index in [1.165, 1.54) is 12.8 Å². The summed E-state index contributed by atoms with van der Waals surface area (Å²) in [5.74, 6) is 0.990. The molecule has 1 aliphatic carbocycles. The Hall–Kier alpha value is -1.42. The van der Waals surface area contributed by atoms with Crippen molar-refractivity contribution >= 4 is 46.4 Å². The van der Waals surface area contributed by atoms with Crippen LogP contribution in [0.3, 0.4) is 0 Å². The number of halogens is 3. The number of carbonyl (C=O) groups is 1. The average Bonchev–Trinajstić information content (AvgIpc) is 3.30. The van der Waals surface area contributed by atoms with Crippen LogP contribution in [0.15, 0.2) is 42.5 Å². The van der Waals surface area contributed by atoms with Crippen LogP contribution in [0.5, 0.6) is 0 Å². The van der Waals surface area contributed by atoms with E-state index in [4.69, 9.17) is 34.8 Å². The first-order valence-electron chi connectivity index (χ1n) is 11.3. The van der Waals surface area contributed by atoms with E-state index in [1.807, 2.05) is 30.3 Å². The molecule has 0 spiro atoms. The highest BCUT2D eigenvalue weighted by atomic mass is 35.5. The summed E-state index contributed by atoms with van der Waals surface area (Å²) in [6.07, 6.45) is 7.56. The monoisotopic (exact) mass is 478 g/mol. The molecule has 0 unspecified atom stereocenters. The van der Waals surface area contributed by atoms with Gasteiger partial charge in [-0.2, -0.15) is 0 Å². The highest BCUT2D eigenvalue weighted by Gasteiger charge is 2.31. The first kappa shape index (κ1) is 22.8. The average molecular weight is 480 g/mol. The molecular formula is C25H29Cl3N2O. The lowest BCUT2D eigenvalue weighted by molar-refractivity contribution is -0.124. The maximum absolute atomic E-state index is 12.3. The van der Waals surface area contributed by atoms with E-state index in [1.54, 1.807) is 0 Å². The zero-order valence-corrected chi connectivity index (χ0v) is 19.9. The second-order valence-corrected chi connectivity index (χ2v) is 10.1. The smallest absolute Gasteiger partial charge is 0.223 e. The number of piperidine rings is 1. The number of nitrogens with one attached hydrogen (secondary N) is 1. The predicted octanol–water partition coefficient (Wildman–Crippen LogP) is 7.30. The summed E-state index contributed by atoms with van der Waals surface area (Å²) < 4.78 is 0. The Balaban J connectivity index is 1.45. The van der Waals surface area contributed by atoms with E-state index in [2.05, 4.69) is 22.3 Å². The molecule has 2 atom stereocenters. The van der Waals surface area contributed by atoms with E-state index in [-0.39, 0.29) is 17.9 Å². The summed E-state index contributed by atoms with van der Waals surface area (Å²) >= 11 is 18.8. The molecule has 2 aliphatic rings. The second kappa shape index (κ2) is 10.5. The van der Waals surface area contributed by atoms with Gasteiger partial charge in [-0.15, -0.1) is 0 Å². The summed E-state index contributed by atoms with van der Waals surface area (Å²) in [6, 6.07) is 14.0. The van der Waals surface area contributed by atoms with Crippen molar-refractivity contribution in [2.45, 2.75) is 51.0 Å². The van der Waals surface area contributed by atoms with Gasteiger partial charge >= 0.3 is 0 Å². The van der Waals surface area contributed by atoms with Crippen LogP contribution in [0.2, 0.25) is 15.1 Å². The summed E-state index contributed by atoms with van der Waals surface area (Å²) in [4.78, 5) is 14.8. The van der Waals surface area contributed by atoms with Crippen LogP contribution in [0.25, 0.3) is 0 Å². The molecule has 2 aromatic rings. The molecule has 3 nitrogen and oxygen atoms in total. The van der Waals surface area contributed by atoms with Gasteiger partial charge in [0.15, 0.2) is 0 Å². The Labute approximate surface area is 200 Å². The summed E-state index contributed by atoms with van der Waals surface area (Å²) in [5, 5.41) is 5.27. The van der Waals surface area contributed by atoms with Gasteiger partial charge in [-0.3, -0.25) is 4.79 Å². The molecule has 2 fully saturated rings. The van der Waals surface area contributed by atoms with E-state index in [0.29, 0.717) is 16.0 Å². The van der Waals surface area contributed by atoms with Gasteiger partial charge in [0.1, 0.15) is 0 Å². The quantitative estimate of drug-likeness (QED) is 0.471. The van der Waals surface area contributed by atoms with Crippen LogP contribution in [0, 0.1) is 11.8 Å². The van der Waals surface area contributed by atoms with Crippen LogP contribution in [-0.4, -0.2) is 19.0 Å². The molecule has 1 amide bonds. The van der Waals surface area contributed by atoms with Gasteiger partial charge in [0.05, 0.1) is 6.04 Å². The topological polar surface area (TPSA) is 32.3 Å². The number of nitrogens with zero attached hydrogens (tertiary/aromatic N) is 1. The number of hydrogen-bond donors (Lipinski definition) is 1. The van der Waals surface area contributed by atoms with Gasteiger partial charge in [0.2, 0.25) is 5.91 Å². The van der Waals surface area contributed by atoms with Crippen LogP contribution in [0.4, 0.5) is 5.69 Å². The van der Waals surface area contributed by atoms with Crippen LogP contribution >= 0.6 is 34.8 Å². The third-order valence-electron chi connectivity index (χ3n) is 6.74. The van der Waals surface area contributed by atoms with Crippen LogP contribution in [-0.2, 0) is 4.79 Å². The Morgan fingerprint density at radius 3 is 2.35 bits per heavy atom. The van der Waals surface area contributed by atoms with Gasteiger partial charge in [0, 0.05) is 39.8 Å². The Kier molecular flexibility index (Phi) is 7.68. The minimum Gasteiger partial charge on any atom is -0.364 e. The molecule has 31 heavy (non-hydrogen) atoms. The van der Waals surface area contributed by atoms with Crippen molar-refractivity contribution < 1.29 is 4.79 Å². The Bertz CT molecular complexity index is 896. The van der Waals surface area contributed by atoms with E-state index in [9.17, 15) is 4.79 Å². The van der Waals surface area contributed by atoms with Crippen molar-refractivity contribution in [3.8, 4) is 0 Å². The Morgan fingerprint density at radius 2 is 1.65 bits per heavy atom. The van der Waals surface area contributed by atoms with Gasteiger partial charge in [-0.1, -0.05) is 53.7 Å². The molecule has 6 heteroatoms. The normalized spacial score (nSPS) is 22.0. The molecule has 1 heterocycles. The van der Waals surface area contributed by atoms with E-state index in [0.717, 1.165) is 61.5 Å². The number of rotatable bonds is 6. The third kappa shape index (κ3) is 5.69. The molecule has 1 aliphatic heterocycles. The fraction of sp³-hybridized carbons (Fsp3) is 0.480. The van der Waals surface area contributed by atoms with Crippen LogP contribution in [0.1, 0.15) is 56.6 Å². The second-order valence-electron chi connectivity index (χ2n) is 8.81. The van der Waals surface area contributed by atoms with Gasteiger partial charge in [0.25, 0.3) is 0 Å². The molecule has 2 aromatic carbocycles. The van der Waals surface area contributed by atoms with Crippen molar-refractivity contribution in [2.24, 2.45) is 11.8 Å². The van der Waals surface area contributed by atoms with Crippen molar-refractivity contribution in [2.75, 3.05) is 18.0 Å². The van der Waals surface area contributed by atoms with Crippen molar-refractivity contribution in [1.82, 2.24) is 5.32 Å². The largest absolute Gasteiger partial charge is 0.364 e. The number of benzene rings is 2. The summed E-state index contributed by atoms with van der Waals surface area (Å²) in [7, 11) is 0. The fourth-order valence-corrected chi connectivity index (χ4v) is 5.69. The van der Waals surface area contributed by atoms with Crippen molar-refractivity contribution in [3.63, 3.8) is 0 Å². The van der Waals surface area contributed by atoms with Gasteiger partial charge in [-0.05, 0) is 80.0 Å².